The van der Waals surface area contributed by atoms with Gasteiger partial charge in [0, 0.05) is 26.2 Å². The average molecular weight is 209 g/mol. The SMILES string of the molecule is NC(=O)C(c1ccco1)N1CCNCC1. The van der Waals surface area contributed by atoms with Crippen molar-refractivity contribution < 1.29 is 9.21 Å². The summed E-state index contributed by atoms with van der Waals surface area (Å²) in [5, 5.41) is 3.23. The Hall–Kier alpha value is -1.33. The summed E-state index contributed by atoms with van der Waals surface area (Å²) in [6, 6.07) is 3.13. The standard InChI is InChI=1S/C10H15N3O2/c11-10(14)9(8-2-1-7-15-8)13-5-3-12-4-6-13/h1-2,7,9,12H,3-6H2,(H2,11,14). The highest BCUT2D eigenvalue weighted by Crippen LogP contribution is 2.20. The maximum Gasteiger partial charge on any atom is 0.242 e. The number of primary amides is 1. The van der Waals surface area contributed by atoms with Gasteiger partial charge in [0.25, 0.3) is 0 Å². The number of carbonyl (C=O) groups excluding carboxylic acids is 1. The van der Waals surface area contributed by atoms with Gasteiger partial charge in [-0.25, -0.2) is 0 Å². The van der Waals surface area contributed by atoms with Crippen molar-refractivity contribution in [3.8, 4) is 0 Å². The van der Waals surface area contributed by atoms with Crippen molar-refractivity contribution in [2.75, 3.05) is 26.2 Å². The molecule has 0 aromatic carbocycles. The molecule has 1 amide bonds. The van der Waals surface area contributed by atoms with Gasteiger partial charge in [0.15, 0.2) is 0 Å². The summed E-state index contributed by atoms with van der Waals surface area (Å²) in [5.41, 5.74) is 5.40. The second kappa shape index (κ2) is 4.46. The minimum absolute atomic E-state index is 0.355. The molecule has 0 saturated carbocycles. The lowest BCUT2D eigenvalue weighted by Crippen LogP contribution is -2.48. The van der Waals surface area contributed by atoms with Crippen LogP contribution < -0.4 is 11.1 Å². The fourth-order valence-corrected chi connectivity index (χ4v) is 1.89. The smallest absolute Gasteiger partial charge is 0.242 e. The van der Waals surface area contributed by atoms with E-state index in [2.05, 4.69) is 5.32 Å². The van der Waals surface area contributed by atoms with Gasteiger partial charge >= 0.3 is 0 Å². The van der Waals surface area contributed by atoms with Gasteiger partial charge in [-0.2, -0.15) is 0 Å². The minimum Gasteiger partial charge on any atom is -0.467 e. The van der Waals surface area contributed by atoms with Gasteiger partial charge in [-0.15, -0.1) is 0 Å². The van der Waals surface area contributed by atoms with Gasteiger partial charge in [-0.1, -0.05) is 0 Å². The number of nitrogens with one attached hydrogen (secondary N) is 1. The summed E-state index contributed by atoms with van der Waals surface area (Å²) in [6.07, 6.45) is 1.56. The van der Waals surface area contributed by atoms with Crippen LogP contribution in [0.5, 0.6) is 0 Å². The van der Waals surface area contributed by atoms with Crippen LogP contribution in [0.25, 0.3) is 0 Å². The largest absolute Gasteiger partial charge is 0.467 e. The third kappa shape index (κ3) is 2.19. The minimum atomic E-state index is -0.429. The highest BCUT2D eigenvalue weighted by molar-refractivity contribution is 5.80. The van der Waals surface area contributed by atoms with Crippen LogP contribution in [0, 0.1) is 0 Å². The van der Waals surface area contributed by atoms with E-state index in [1.165, 1.54) is 0 Å². The van der Waals surface area contributed by atoms with Crippen molar-refractivity contribution in [1.29, 1.82) is 0 Å². The molecule has 82 valence electrons. The second-order valence-corrected chi connectivity index (χ2v) is 3.61. The van der Waals surface area contributed by atoms with Crippen LogP contribution in [0.15, 0.2) is 22.8 Å². The molecule has 2 heterocycles. The molecule has 3 N–H and O–H groups in total. The molecule has 5 nitrogen and oxygen atoms in total. The van der Waals surface area contributed by atoms with Crippen molar-refractivity contribution >= 4 is 5.91 Å². The van der Waals surface area contributed by atoms with E-state index in [-0.39, 0.29) is 5.91 Å². The Morgan fingerprint density at radius 1 is 1.53 bits per heavy atom. The molecule has 1 atom stereocenters. The lowest BCUT2D eigenvalue weighted by Gasteiger charge is -2.31. The number of carbonyl (C=O) groups is 1. The first kappa shape index (κ1) is 10.2. The summed E-state index contributed by atoms with van der Waals surface area (Å²) in [6.45, 7) is 3.39. The molecule has 1 aliphatic heterocycles. The number of hydrogen-bond donors (Lipinski definition) is 2. The molecule has 0 spiro atoms. The monoisotopic (exact) mass is 209 g/mol. The summed E-state index contributed by atoms with van der Waals surface area (Å²) >= 11 is 0. The van der Waals surface area contributed by atoms with Crippen LogP contribution in [0.2, 0.25) is 0 Å². The molecule has 0 aliphatic carbocycles. The first-order chi connectivity index (χ1) is 7.29. The van der Waals surface area contributed by atoms with Gasteiger partial charge in [0.1, 0.15) is 11.8 Å². The second-order valence-electron chi connectivity index (χ2n) is 3.61. The summed E-state index contributed by atoms with van der Waals surface area (Å²) < 4.78 is 5.25. The van der Waals surface area contributed by atoms with E-state index in [0.717, 1.165) is 26.2 Å². The number of nitrogens with zero attached hydrogens (tertiary/aromatic N) is 1. The Balaban J connectivity index is 2.15. The van der Waals surface area contributed by atoms with Crippen molar-refractivity contribution in [1.82, 2.24) is 10.2 Å². The Labute approximate surface area is 88.2 Å². The Morgan fingerprint density at radius 3 is 2.80 bits per heavy atom. The third-order valence-electron chi connectivity index (χ3n) is 2.60. The number of piperazine rings is 1. The van der Waals surface area contributed by atoms with Crippen LogP contribution in [-0.2, 0) is 4.79 Å². The van der Waals surface area contributed by atoms with Crippen LogP contribution in [0.4, 0.5) is 0 Å². The van der Waals surface area contributed by atoms with E-state index < -0.39 is 6.04 Å². The van der Waals surface area contributed by atoms with Gasteiger partial charge in [-0.05, 0) is 12.1 Å². The average Bonchev–Trinajstić information content (AvgIpc) is 2.72. The summed E-state index contributed by atoms with van der Waals surface area (Å²) in [7, 11) is 0. The molecule has 5 heteroatoms. The van der Waals surface area contributed by atoms with E-state index in [4.69, 9.17) is 10.2 Å². The highest BCUT2D eigenvalue weighted by atomic mass is 16.3. The molecule has 15 heavy (non-hydrogen) atoms. The molecule has 1 fully saturated rings. The lowest BCUT2D eigenvalue weighted by atomic mass is 10.1. The van der Waals surface area contributed by atoms with Gasteiger partial charge in [0.2, 0.25) is 5.91 Å². The highest BCUT2D eigenvalue weighted by Gasteiger charge is 2.28. The maximum atomic E-state index is 11.4. The number of amides is 1. The topological polar surface area (TPSA) is 71.5 Å². The molecule has 1 aliphatic rings. The zero-order valence-electron chi connectivity index (χ0n) is 8.48. The maximum absolute atomic E-state index is 11.4. The van der Waals surface area contributed by atoms with Crippen molar-refractivity contribution in [2.24, 2.45) is 5.73 Å². The quantitative estimate of drug-likeness (QED) is 0.717. The van der Waals surface area contributed by atoms with Crippen molar-refractivity contribution in [3.05, 3.63) is 24.2 Å². The molecule has 1 unspecified atom stereocenters. The number of rotatable bonds is 3. The predicted octanol–water partition coefficient (Wildman–Crippen LogP) is -0.289. The normalized spacial score (nSPS) is 20.0. The zero-order valence-corrected chi connectivity index (χ0v) is 8.48. The molecule has 2 rings (SSSR count). The van der Waals surface area contributed by atoms with E-state index in [9.17, 15) is 4.79 Å². The molecule has 1 aromatic heterocycles. The summed E-state index contributed by atoms with van der Waals surface area (Å²) in [4.78, 5) is 13.4. The number of furan rings is 1. The molecular weight excluding hydrogens is 194 g/mol. The van der Waals surface area contributed by atoms with E-state index in [1.54, 1.807) is 18.4 Å². The number of hydrogen-bond acceptors (Lipinski definition) is 4. The van der Waals surface area contributed by atoms with E-state index in [0.29, 0.717) is 5.76 Å². The van der Waals surface area contributed by atoms with E-state index in [1.807, 2.05) is 4.90 Å². The van der Waals surface area contributed by atoms with Gasteiger partial charge < -0.3 is 15.5 Å². The van der Waals surface area contributed by atoms with Gasteiger partial charge in [-0.3, -0.25) is 9.69 Å². The molecular formula is C10H15N3O2. The first-order valence-corrected chi connectivity index (χ1v) is 5.06. The molecule has 0 bridgehead atoms. The van der Waals surface area contributed by atoms with E-state index >= 15 is 0 Å². The van der Waals surface area contributed by atoms with Crippen LogP contribution in [0.3, 0.4) is 0 Å². The Bertz CT molecular complexity index is 317. The first-order valence-electron chi connectivity index (χ1n) is 5.06. The third-order valence-corrected chi connectivity index (χ3v) is 2.60. The van der Waals surface area contributed by atoms with Crippen molar-refractivity contribution in [2.45, 2.75) is 6.04 Å². The Kier molecular flexibility index (Phi) is 3.03. The fourth-order valence-electron chi connectivity index (χ4n) is 1.89. The predicted molar refractivity (Wildman–Crippen MR) is 55.1 cm³/mol. The van der Waals surface area contributed by atoms with Crippen LogP contribution in [0.1, 0.15) is 11.8 Å². The van der Waals surface area contributed by atoms with Crippen LogP contribution >= 0.6 is 0 Å². The zero-order chi connectivity index (χ0) is 10.7. The van der Waals surface area contributed by atoms with Crippen LogP contribution in [-0.4, -0.2) is 37.0 Å². The lowest BCUT2D eigenvalue weighted by molar-refractivity contribution is -0.124. The van der Waals surface area contributed by atoms with Gasteiger partial charge in [0.05, 0.1) is 6.26 Å². The molecule has 0 radical (unpaired) electrons. The number of nitrogens with two attached hydrogens (primary N) is 1. The van der Waals surface area contributed by atoms with Crippen molar-refractivity contribution in [3.63, 3.8) is 0 Å². The molecule has 1 saturated heterocycles. The Morgan fingerprint density at radius 2 is 2.27 bits per heavy atom. The molecule has 1 aromatic rings. The fraction of sp³-hybridized carbons (Fsp3) is 0.500. The summed E-state index contributed by atoms with van der Waals surface area (Å²) in [5.74, 6) is 0.274.